The van der Waals surface area contributed by atoms with E-state index in [4.69, 9.17) is 14.9 Å². The Kier molecular flexibility index (Phi) is 6.84. The van der Waals surface area contributed by atoms with Crippen molar-refractivity contribution in [1.29, 1.82) is 5.41 Å². The zero-order chi connectivity index (χ0) is 25.1. The molecule has 184 valence electrons. The summed E-state index contributed by atoms with van der Waals surface area (Å²) in [6.45, 7) is 3.40. The Morgan fingerprint density at radius 2 is 2.11 bits per heavy atom. The topological polar surface area (TPSA) is 110 Å². The molecule has 1 aliphatic heterocycles. The van der Waals surface area contributed by atoms with E-state index in [1.807, 2.05) is 30.7 Å². The quantitative estimate of drug-likeness (QED) is 0.307. The van der Waals surface area contributed by atoms with Crippen LogP contribution in [0, 0.1) is 17.1 Å². The zero-order valence-corrected chi connectivity index (χ0v) is 20.2. The van der Waals surface area contributed by atoms with Crippen LogP contribution in [0.5, 0.6) is 5.75 Å². The minimum atomic E-state index is -0.406. The number of quaternary nitrogens is 1. The molecule has 5 rings (SSSR count). The lowest BCUT2D eigenvalue weighted by atomic mass is 9.98. The van der Waals surface area contributed by atoms with Crippen LogP contribution in [-0.4, -0.2) is 47.5 Å². The van der Waals surface area contributed by atoms with Crippen molar-refractivity contribution in [2.75, 3.05) is 25.6 Å². The molecule has 1 saturated heterocycles. The first kappa shape index (κ1) is 23.8. The summed E-state index contributed by atoms with van der Waals surface area (Å²) in [5, 5.41) is 14.0. The molecule has 0 saturated carbocycles. The Labute approximate surface area is 208 Å². The van der Waals surface area contributed by atoms with Gasteiger partial charge in [0.2, 0.25) is 0 Å². The van der Waals surface area contributed by atoms with Gasteiger partial charge in [-0.05, 0) is 48.4 Å². The average Bonchev–Trinajstić information content (AvgIpc) is 2.87. The maximum absolute atomic E-state index is 15.4. The monoisotopic (exact) mass is 487 g/mol. The van der Waals surface area contributed by atoms with Gasteiger partial charge in [-0.2, -0.15) is 0 Å². The van der Waals surface area contributed by atoms with Crippen LogP contribution < -0.4 is 15.4 Å². The number of halogens is 1. The van der Waals surface area contributed by atoms with E-state index in [-0.39, 0.29) is 11.8 Å². The molecule has 3 heterocycles. The summed E-state index contributed by atoms with van der Waals surface area (Å²) in [6.07, 6.45) is 7.00. The number of hydrogen-bond acceptors (Lipinski definition) is 7. The summed E-state index contributed by atoms with van der Waals surface area (Å²) < 4.78 is 27.3. The van der Waals surface area contributed by atoms with E-state index in [0.717, 1.165) is 17.6 Å². The third-order valence-corrected chi connectivity index (χ3v) is 6.38. The van der Waals surface area contributed by atoms with E-state index in [1.165, 1.54) is 12.5 Å². The highest BCUT2D eigenvalue weighted by Gasteiger charge is 2.30. The minimum absolute atomic E-state index is 0.0566. The van der Waals surface area contributed by atoms with E-state index in [9.17, 15) is 0 Å². The van der Waals surface area contributed by atoms with Crippen LogP contribution in [0.2, 0.25) is 0 Å². The lowest BCUT2D eigenvalue weighted by molar-refractivity contribution is -0.555. The predicted molar refractivity (Wildman–Crippen MR) is 138 cm³/mol. The van der Waals surface area contributed by atoms with Crippen LogP contribution in [0.15, 0.2) is 55.1 Å². The first-order valence-corrected chi connectivity index (χ1v) is 12.0. The molecule has 2 aromatic heterocycles. The van der Waals surface area contributed by atoms with Gasteiger partial charge in [0.15, 0.2) is 5.82 Å². The summed E-state index contributed by atoms with van der Waals surface area (Å²) in [5.41, 5.74) is 3.02. The second kappa shape index (κ2) is 10.3. The van der Waals surface area contributed by atoms with E-state index in [1.54, 1.807) is 30.5 Å². The number of allylic oxidation sites excluding steroid dienone is 1. The van der Waals surface area contributed by atoms with Gasteiger partial charge in [-0.1, -0.05) is 6.92 Å². The molecule has 0 bridgehead atoms. The van der Waals surface area contributed by atoms with E-state index in [2.05, 4.69) is 27.2 Å². The first-order valence-electron chi connectivity index (χ1n) is 12.0. The van der Waals surface area contributed by atoms with Crippen molar-refractivity contribution in [3.63, 3.8) is 0 Å². The lowest BCUT2D eigenvalue weighted by Crippen LogP contribution is -2.72. The molecule has 4 N–H and O–H groups in total. The molecule has 0 aliphatic carbocycles. The van der Waals surface area contributed by atoms with Gasteiger partial charge in [-0.3, -0.25) is 4.98 Å². The molecule has 1 atom stereocenters. The fourth-order valence-corrected chi connectivity index (χ4v) is 4.40. The van der Waals surface area contributed by atoms with Crippen LogP contribution in [0.25, 0.3) is 27.4 Å². The number of ether oxygens (including phenoxy) is 2. The third-order valence-electron chi connectivity index (χ3n) is 6.38. The summed E-state index contributed by atoms with van der Waals surface area (Å²) in [7, 11) is 1.91. The minimum Gasteiger partial charge on any atom is -0.489 e. The number of nitrogens with one attached hydrogen (secondary N) is 2. The molecule has 0 spiro atoms. The second-order valence-electron chi connectivity index (χ2n) is 8.67. The third kappa shape index (κ3) is 4.50. The van der Waals surface area contributed by atoms with Crippen LogP contribution in [0.3, 0.4) is 0 Å². The first-order chi connectivity index (χ1) is 17.6. The van der Waals surface area contributed by atoms with E-state index < -0.39 is 5.82 Å². The molecule has 36 heavy (non-hydrogen) atoms. The van der Waals surface area contributed by atoms with Gasteiger partial charge in [0.25, 0.3) is 0 Å². The molecule has 0 amide bonds. The number of hydrogen-bond donors (Lipinski definition) is 3. The normalized spacial score (nSPS) is 15.0. The van der Waals surface area contributed by atoms with Gasteiger partial charge in [0, 0.05) is 23.7 Å². The van der Waals surface area contributed by atoms with Crippen LogP contribution in [0.1, 0.15) is 18.9 Å². The SMILES string of the molecule is CC[C@H](Oc1cc(/C(C=N)=C/[NH2+]C)cc2ncnc(Nc3ccc4ncccc4c3F)c12)C1COC1. The zero-order valence-electron chi connectivity index (χ0n) is 20.2. The molecule has 0 radical (unpaired) electrons. The summed E-state index contributed by atoms with van der Waals surface area (Å²) in [6, 6.07) is 10.6. The molecular weight excluding hydrogens is 459 g/mol. The summed E-state index contributed by atoms with van der Waals surface area (Å²) in [4.78, 5) is 13.2. The molecule has 9 heteroatoms. The Morgan fingerprint density at radius 3 is 2.83 bits per heavy atom. The number of benzene rings is 2. The number of fused-ring (bicyclic) bond motifs is 2. The highest BCUT2D eigenvalue weighted by Crippen LogP contribution is 2.37. The molecular formula is C27H28FN6O2+. The molecule has 1 fully saturated rings. The maximum Gasteiger partial charge on any atom is 0.156 e. The Morgan fingerprint density at radius 1 is 1.25 bits per heavy atom. The van der Waals surface area contributed by atoms with Gasteiger partial charge >= 0.3 is 0 Å². The smallest absolute Gasteiger partial charge is 0.156 e. The number of aromatic nitrogens is 3. The molecule has 1 aliphatic rings. The predicted octanol–water partition coefficient (Wildman–Crippen LogP) is 4.05. The van der Waals surface area contributed by atoms with Crippen molar-refractivity contribution in [1.82, 2.24) is 15.0 Å². The standard InChI is InChI=1S/C27H27FN6O2/c1-3-23(18-13-35-14-18)36-24-10-16(17(11-29)12-30-2)9-22-25(24)27(33-15-32-22)34-21-7-6-20-19(26(21)28)5-4-8-31-20/h4-12,15,18,23,29-30H,3,13-14H2,1-2H3,(H,32,33,34)/p+1/b17-12+,29-11?/t23-/m0/s1. The van der Waals surface area contributed by atoms with E-state index in [0.29, 0.717) is 52.5 Å². The van der Waals surface area contributed by atoms with Crippen molar-refractivity contribution in [3.8, 4) is 5.75 Å². The Hall–Kier alpha value is -3.95. The fraction of sp³-hybridized carbons (Fsp3) is 0.259. The average molecular weight is 488 g/mol. The second-order valence-corrected chi connectivity index (χ2v) is 8.67. The van der Waals surface area contributed by atoms with Gasteiger partial charge in [0.1, 0.15) is 30.2 Å². The number of nitrogens with two attached hydrogens (primary N) is 1. The maximum atomic E-state index is 15.4. The number of rotatable bonds is 9. The van der Waals surface area contributed by atoms with Crippen molar-refractivity contribution in [2.24, 2.45) is 5.92 Å². The molecule has 4 aromatic rings. The van der Waals surface area contributed by atoms with Crippen LogP contribution >= 0.6 is 0 Å². The molecule has 2 aromatic carbocycles. The van der Waals surface area contributed by atoms with Gasteiger partial charge < -0.3 is 25.5 Å². The highest BCUT2D eigenvalue weighted by atomic mass is 19.1. The van der Waals surface area contributed by atoms with Gasteiger partial charge in [0.05, 0.1) is 47.9 Å². The highest BCUT2D eigenvalue weighted by molar-refractivity contribution is 6.10. The number of anilines is 2. The van der Waals surface area contributed by atoms with Gasteiger partial charge in [-0.25, -0.2) is 14.4 Å². The summed E-state index contributed by atoms with van der Waals surface area (Å²) >= 11 is 0. The van der Waals surface area contributed by atoms with Crippen LogP contribution in [-0.2, 0) is 4.74 Å². The van der Waals surface area contributed by atoms with Crippen LogP contribution in [0.4, 0.5) is 15.9 Å². The Bertz CT molecular complexity index is 1450. The lowest BCUT2D eigenvalue weighted by Gasteiger charge is -2.33. The number of nitrogens with zero attached hydrogens (tertiary/aromatic N) is 3. The largest absolute Gasteiger partial charge is 0.489 e. The van der Waals surface area contributed by atoms with Gasteiger partial charge in [-0.15, -0.1) is 0 Å². The van der Waals surface area contributed by atoms with Crippen molar-refractivity contribution >= 4 is 45.1 Å². The van der Waals surface area contributed by atoms with E-state index >= 15 is 4.39 Å². The number of pyridine rings is 1. The molecule has 0 unspecified atom stereocenters. The summed E-state index contributed by atoms with van der Waals surface area (Å²) in [5.74, 6) is 0.904. The molecule has 8 nitrogen and oxygen atoms in total. The van der Waals surface area contributed by atoms with Crippen molar-refractivity contribution in [3.05, 3.63) is 66.5 Å². The fourth-order valence-electron chi connectivity index (χ4n) is 4.40. The van der Waals surface area contributed by atoms with Crippen molar-refractivity contribution in [2.45, 2.75) is 19.4 Å². The Balaban J connectivity index is 1.64. The van der Waals surface area contributed by atoms with Crippen molar-refractivity contribution < 1.29 is 19.2 Å².